The molecule has 0 saturated carbocycles. The normalized spacial score (nSPS) is 31.1. The Hall–Kier alpha value is -0.590. The third-order valence-corrected chi connectivity index (χ3v) is 5.28. The minimum absolute atomic E-state index is 0.106. The summed E-state index contributed by atoms with van der Waals surface area (Å²) in [6.45, 7) is 4.72. The van der Waals surface area contributed by atoms with E-state index in [4.69, 9.17) is 4.74 Å². The van der Waals surface area contributed by atoms with Gasteiger partial charge in [-0.2, -0.15) is 16.9 Å². The fourth-order valence-corrected chi connectivity index (χ4v) is 4.39. The van der Waals surface area contributed by atoms with Gasteiger partial charge in [0, 0.05) is 12.4 Å². The molecule has 0 aliphatic carbocycles. The maximum Gasteiger partial charge on any atom is 0.141 e. The second-order valence-electron chi connectivity index (χ2n) is 5.38. The lowest BCUT2D eigenvalue weighted by Gasteiger charge is -2.38. The van der Waals surface area contributed by atoms with Crippen molar-refractivity contribution in [2.45, 2.75) is 44.4 Å². The number of thioether (sulfide) groups is 1. The monoisotopic (exact) mass is 282 g/mol. The Labute approximate surface area is 118 Å². The molecular weight excluding hydrogens is 260 g/mol. The quantitative estimate of drug-likeness (QED) is 0.909. The molecule has 0 radical (unpaired) electrons. The molecule has 1 aromatic rings. The Morgan fingerprint density at radius 2 is 2.58 bits per heavy atom. The molecule has 3 rings (SSSR count). The number of ether oxygens (including phenoxy) is 1. The average molecular weight is 282 g/mol. The molecule has 2 fully saturated rings. The Morgan fingerprint density at radius 1 is 1.63 bits per heavy atom. The first-order chi connectivity index (χ1) is 9.33. The third-order valence-electron chi connectivity index (χ3n) is 4.06. The summed E-state index contributed by atoms with van der Waals surface area (Å²) in [5.74, 6) is 3.42. The molecule has 1 spiro atoms. The predicted molar refractivity (Wildman–Crippen MR) is 76.3 cm³/mol. The lowest BCUT2D eigenvalue weighted by molar-refractivity contribution is -0.0782. The van der Waals surface area contributed by atoms with Crippen molar-refractivity contribution >= 4 is 11.8 Å². The van der Waals surface area contributed by atoms with Crippen LogP contribution in [-0.4, -0.2) is 45.0 Å². The molecule has 3 heterocycles. The van der Waals surface area contributed by atoms with Gasteiger partial charge in [-0.25, -0.2) is 9.67 Å². The van der Waals surface area contributed by atoms with Gasteiger partial charge in [-0.1, -0.05) is 6.92 Å². The summed E-state index contributed by atoms with van der Waals surface area (Å²) in [5, 5.41) is 7.78. The fraction of sp³-hybridized carbons (Fsp3) is 0.846. The zero-order valence-corrected chi connectivity index (χ0v) is 12.3. The van der Waals surface area contributed by atoms with Crippen LogP contribution in [0.25, 0.3) is 0 Å². The van der Waals surface area contributed by atoms with Gasteiger partial charge < -0.3 is 10.1 Å². The Kier molecular flexibility index (Phi) is 4.10. The van der Waals surface area contributed by atoms with Gasteiger partial charge in [0.2, 0.25) is 0 Å². The topological polar surface area (TPSA) is 52.0 Å². The molecule has 2 atom stereocenters. The first-order valence-corrected chi connectivity index (χ1v) is 8.29. The molecule has 0 aromatic carbocycles. The van der Waals surface area contributed by atoms with Crippen LogP contribution in [0.2, 0.25) is 0 Å². The van der Waals surface area contributed by atoms with Gasteiger partial charge in [0.25, 0.3) is 0 Å². The number of nitrogens with one attached hydrogen (secondary N) is 1. The molecule has 0 bridgehead atoms. The smallest absolute Gasteiger partial charge is 0.141 e. The van der Waals surface area contributed by atoms with E-state index in [1.54, 1.807) is 6.33 Å². The van der Waals surface area contributed by atoms with Crippen LogP contribution in [-0.2, 0) is 11.3 Å². The first-order valence-electron chi connectivity index (χ1n) is 7.14. The maximum atomic E-state index is 6.08. The number of aromatic nitrogens is 3. The van der Waals surface area contributed by atoms with E-state index < -0.39 is 0 Å². The molecule has 6 heteroatoms. The molecule has 5 nitrogen and oxygen atoms in total. The van der Waals surface area contributed by atoms with Gasteiger partial charge in [0.15, 0.2) is 0 Å². The second kappa shape index (κ2) is 5.81. The Bertz CT molecular complexity index is 417. The van der Waals surface area contributed by atoms with E-state index in [9.17, 15) is 0 Å². The first kappa shape index (κ1) is 13.4. The lowest BCUT2D eigenvalue weighted by atomic mass is 9.90. The summed E-state index contributed by atoms with van der Waals surface area (Å²) in [7, 11) is 0. The minimum Gasteiger partial charge on any atom is -0.374 e. The predicted octanol–water partition coefficient (Wildman–Crippen LogP) is 1.61. The van der Waals surface area contributed by atoms with Gasteiger partial charge in [-0.3, -0.25) is 0 Å². The highest BCUT2D eigenvalue weighted by atomic mass is 32.2. The highest BCUT2D eigenvalue weighted by Crippen LogP contribution is 2.41. The van der Waals surface area contributed by atoms with Crippen molar-refractivity contribution < 1.29 is 4.74 Å². The SMILES string of the molecule is CCNCc1ncnn1C1CCOC2(CCSC2)C1. The minimum atomic E-state index is 0.106. The summed E-state index contributed by atoms with van der Waals surface area (Å²) >= 11 is 2.01. The Morgan fingerprint density at radius 3 is 3.37 bits per heavy atom. The van der Waals surface area contributed by atoms with Gasteiger partial charge in [-0.15, -0.1) is 0 Å². The zero-order chi connectivity index (χ0) is 13.1. The highest BCUT2D eigenvalue weighted by Gasteiger charge is 2.41. The van der Waals surface area contributed by atoms with Crippen LogP contribution >= 0.6 is 11.8 Å². The van der Waals surface area contributed by atoms with E-state index in [0.29, 0.717) is 6.04 Å². The molecule has 106 valence electrons. The van der Waals surface area contributed by atoms with E-state index in [1.165, 1.54) is 12.2 Å². The summed E-state index contributed by atoms with van der Waals surface area (Å²) in [6, 6.07) is 0.448. The molecule has 19 heavy (non-hydrogen) atoms. The van der Waals surface area contributed by atoms with Gasteiger partial charge >= 0.3 is 0 Å². The molecule has 0 amide bonds. The van der Waals surface area contributed by atoms with E-state index in [0.717, 1.165) is 44.1 Å². The van der Waals surface area contributed by atoms with Gasteiger partial charge in [0.1, 0.15) is 12.2 Å². The van der Waals surface area contributed by atoms with Crippen LogP contribution in [0.1, 0.15) is 38.1 Å². The van der Waals surface area contributed by atoms with Crippen molar-refractivity contribution in [3.05, 3.63) is 12.2 Å². The maximum absolute atomic E-state index is 6.08. The fourth-order valence-electron chi connectivity index (χ4n) is 3.02. The van der Waals surface area contributed by atoms with Crippen LogP contribution in [0.5, 0.6) is 0 Å². The van der Waals surface area contributed by atoms with E-state index in [2.05, 4.69) is 27.0 Å². The summed E-state index contributed by atoms with van der Waals surface area (Å²) in [4.78, 5) is 4.39. The standard InChI is InChI=1S/C13H22N4OS/c1-2-14-8-12-15-10-16-17(12)11-3-5-18-13(7-11)4-6-19-9-13/h10-11,14H,2-9H2,1H3. The van der Waals surface area contributed by atoms with Crippen LogP contribution in [0.15, 0.2) is 6.33 Å². The summed E-state index contributed by atoms with van der Waals surface area (Å²) in [6.07, 6.45) is 5.00. The van der Waals surface area contributed by atoms with Crippen molar-refractivity contribution in [1.29, 1.82) is 0 Å². The summed E-state index contributed by atoms with van der Waals surface area (Å²) in [5.41, 5.74) is 0.106. The number of rotatable bonds is 4. The average Bonchev–Trinajstić information content (AvgIpc) is 3.06. The van der Waals surface area contributed by atoms with E-state index in [1.807, 2.05) is 11.8 Å². The van der Waals surface area contributed by atoms with E-state index in [-0.39, 0.29) is 5.60 Å². The van der Waals surface area contributed by atoms with Crippen LogP contribution in [0, 0.1) is 0 Å². The number of hydrogen-bond donors (Lipinski definition) is 1. The van der Waals surface area contributed by atoms with Crippen molar-refractivity contribution in [2.75, 3.05) is 24.7 Å². The van der Waals surface area contributed by atoms with Gasteiger partial charge in [0.05, 0.1) is 18.2 Å². The summed E-state index contributed by atoms with van der Waals surface area (Å²) < 4.78 is 8.20. The van der Waals surface area contributed by atoms with Gasteiger partial charge in [-0.05, 0) is 31.6 Å². The molecule has 1 N–H and O–H groups in total. The molecule has 1 aromatic heterocycles. The molecule has 2 aliphatic rings. The van der Waals surface area contributed by atoms with E-state index >= 15 is 0 Å². The van der Waals surface area contributed by atoms with Crippen LogP contribution in [0.3, 0.4) is 0 Å². The number of nitrogens with zero attached hydrogens (tertiary/aromatic N) is 3. The molecule has 2 aliphatic heterocycles. The van der Waals surface area contributed by atoms with Crippen molar-refractivity contribution in [2.24, 2.45) is 0 Å². The highest BCUT2D eigenvalue weighted by molar-refractivity contribution is 7.99. The zero-order valence-electron chi connectivity index (χ0n) is 11.5. The third kappa shape index (κ3) is 2.80. The molecular formula is C13H22N4OS. The second-order valence-corrected chi connectivity index (χ2v) is 6.49. The van der Waals surface area contributed by atoms with Crippen molar-refractivity contribution in [1.82, 2.24) is 20.1 Å². The van der Waals surface area contributed by atoms with Crippen molar-refractivity contribution in [3.63, 3.8) is 0 Å². The van der Waals surface area contributed by atoms with Crippen LogP contribution < -0.4 is 5.32 Å². The van der Waals surface area contributed by atoms with Crippen LogP contribution in [0.4, 0.5) is 0 Å². The largest absolute Gasteiger partial charge is 0.374 e. The number of hydrogen-bond acceptors (Lipinski definition) is 5. The lowest BCUT2D eigenvalue weighted by Crippen LogP contribution is -2.41. The molecule has 2 unspecified atom stereocenters. The van der Waals surface area contributed by atoms with Crippen molar-refractivity contribution in [3.8, 4) is 0 Å². The molecule has 2 saturated heterocycles. The Balaban J connectivity index is 1.72.